The second kappa shape index (κ2) is 6.67. The summed E-state index contributed by atoms with van der Waals surface area (Å²) in [4.78, 5) is 13.9. The first-order chi connectivity index (χ1) is 12.9. The molecular formula is C17H17F3N6O. The minimum absolute atomic E-state index is 0.0517. The Morgan fingerprint density at radius 2 is 1.89 bits per heavy atom. The molecule has 0 radical (unpaired) electrons. The van der Waals surface area contributed by atoms with E-state index in [1.54, 1.807) is 29.0 Å². The topological polar surface area (TPSA) is 68.4 Å². The van der Waals surface area contributed by atoms with Crippen LogP contribution >= 0.6 is 0 Å². The molecule has 0 atom stereocenters. The Kier molecular flexibility index (Phi) is 4.33. The standard InChI is InChI=1S/C17H17F3N6O/c1-11-22-13(17(18,19)20)10-15(23-11)25-7-3-12(4-8-25)27-16-5-9-26-14(24-16)2-6-21-26/h2,5-6,9-10,12H,3-4,7-8H2,1H3. The highest BCUT2D eigenvalue weighted by Crippen LogP contribution is 2.30. The number of nitrogens with zero attached hydrogens (tertiary/aromatic N) is 6. The minimum Gasteiger partial charge on any atom is -0.474 e. The van der Waals surface area contributed by atoms with Crippen LogP contribution in [0.5, 0.6) is 5.88 Å². The summed E-state index contributed by atoms with van der Waals surface area (Å²) in [6.45, 7) is 2.56. The maximum Gasteiger partial charge on any atom is 0.433 e. The fourth-order valence-electron chi connectivity index (χ4n) is 3.09. The molecule has 3 aromatic heterocycles. The van der Waals surface area contributed by atoms with Gasteiger partial charge in [-0.15, -0.1) is 0 Å². The van der Waals surface area contributed by atoms with Crippen LogP contribution in [0.1, 0.15) is 24.4 Å². The summed E-state index contributed by atoms with van der Waals surface area (Å²) in [7, 11) is 0. The lowest BCUT2D eigenvalue weighted by Gasteiger charge is -2.33. The van der Waals surface area contributed by atoms with Crippen LogP contribution in [0.4, 0.5) is 19.0 Å². The Morgan fingerprint density at radius 3 is 2.63 bits per heavy atom. The highest BCUT2D eigenvalue weighted by molar-refractivity contribution is 5.41. The third kappa shape index (κ3) is 3.79. The number of ether oxygens (including phenoxy) is 1. The van der Waals surface area contributed by atoms with Gasteiger partial charge in [-0.1, -0.05) is 0 Å². The maximum atomic E-state index is 13.0. The van der Waals surface area contributed by atoms with Gasteiger partial charge in [-0.25, -0.2) is 14.5 Å². The van der Waals surface area contributed by atoms with E-state index in [9.17, 15) is 13.2 Å². The number of anilines is 1. The molecule has 0 unspecified atom stereocenters. The molecule has 3 aromatic rings. The number of hydrogen-bond acceptors (Lipinski definition) is 6. The Labute approximate surface area is 152 Å². The number of aryl methyl sites for hydroxylation is 1. The fraction of sp³-hybridized carbons (Fsp3) is 0.412. The highest BCUT2D eigenvalue weighted by atomic mass is 19.4. The molecule has 0 bridgehead atoms. The van der Waals surface area contributed by atoms with Gasteiger partial charge in [-0.3, -0.25) is 0 Å². The van der Waals surface area contributed by atoms with Crippen molar-refractivity contribution >= 4 is 11.5 Å². The van der Waals surface area contributed by atoms with Crippen molar-refractivity contribution in [3.63, 3.8) is 0 Å². The van der Waals surface area contributed by atoms with E-state index < -0.39 is 11.9 Å². The lowest BCUT2D eigenvalue weighted by Crippen LogP contribution is -2.39. The van der Waals surface area contributed by atoms with Gasteiger partial charge in [0.1, 0.15) is 23.4 Å². The van der Waals surface area contributed by atoms with Gasteiger partial charge in [-0.2, -0.15) is 23.3 Å². The van der Waals surface area contributed by atoms with Gasteiger partial charge in [0.05, 0.1) is 6.20 Å². The van der Waals surface area contributed by atoms with E-state index in [1.807, 2.05) is 4.90 Å². The Bertz CT molecular complexity index is 949. The van der Waals surface area contributed by atoms with Crippen LogP contribution in [0, 0.1) is 6.92 Å². The van der Waals surface area contributed by atoms with Gasteiger partial charge >= 0.3 is 6.18 Å². The third-order valence-corrected chi connectivity index (χ3v) is 4.40. The monoisotopic (exact) mass is 378 g/mol. The van der Waals surface area contributed by atoms with Crippen molar-refractivity contribution in [1.82, 2.24) is 24.6 Å². The fourth-order valence-corrected chi connectivity index (χ4v) is 3.09. The number of hydrogen-bond donors (Lipinski definition) is 0. The molecule has 1 aliphatic heterocycles. The largest absolute Gasteiger partial charge is 0.474 e. The van der Waals surface area contributed by atoms with Gasteiger partial charge in [0.25, 0.3) is 0 Å². The molecule has 1 saturated heterocycles. The van der Waals surface area contributed by atoms with Crippen LogP contribution in [0.15, 0.2) is 30.6 Å². The van der Waals surface area contributed by atoms with Crippen molar-refractivity contribution in [3.05, 3.63) is 42.1 Å². The van der Waals surface area contributed by atoms with E-state index >= 15 is 0 Å². The number of piperidine rings is 1. The van der Waals surface area contributed by atoms with Crippen molar-refractivity contribution in [2.24, 2.45) is 0 Å². The maximum absolute atomic E-state index is 13.0. The van der Waals surface area contributed by atoms with Crippen LogP contribution < -0.4 is 9.64 Å². The second-order valence-electron chi connectivity index (χ2n) is 6.36. The first-order valence-electron chi connectivity index (χ1n) is 8.53. The summed E-state index contributed by atoms with van der Waals surface area (Å²) in [5.74, 6) is 0.919. The Morgan fingerprint density at radius 1 is 1.11 bits per heavy atom. The lowest BCUT2D eigenvalue weighted by molar-refractivity contribution is -0.141. The van der Waals surface area contributed by atoms with E-state index in [2.05, 4.69) is 20.1 Å². The first kappa shape index (κ1) is 17.5. The van der Waals surface area contributed by atoms with Crippen LogP contribution in [-0.4, -0.2) is 43.8 Å². The SMILES string of the molecule is Cc1nc(N2CCC(Oc3ccn4nccc4n3)CC2)cc(C(F)(F)F)n1. The van der Waals surface area contributed by atoms with Crippen molar-refractivity contribution in [1.29, 1.82) is 0 Å². The average Bonchev–Trinajstić information content (AvgIpc) is 3.09. The molecule has 10 heteroatoms. The summed E-state index contributed by atoms with van der Waals surface area (Å²) in [5.41, 5.74) is -0.220. The van der Waals surface area contributed by atoms with Gasteiger partial charge in [0.15, 0.2) is 5.65 Å². The molecule has 4 heterocycles. The van der Waals surface area contributed by atoms with Crippen molar-refractivity contribution in [2.75, 3.05) is 18.0 Å². The quantitative estimate of drug-likeness (QED) is 0.698. The van der Waals surface area contributed by atoms with E-state index in [-0.39, 0.29) is 11.9 Å². The second-order valence-corrected chi connectivity index (χ2v) is 6.36. The molecular weight excluding hydrogens is 361 g/mol. The Hall–Kier alpha value is -2.91. The number of fused-ring (bicyclic) bond motifs is 1. The lowest BCUT2D eigenvalue weighted by atomic mass is 10.1. The van der Waals surface area contributed by atoms with Crippen LogP contribution in [0.2, 0.25) is 0 Å². The zero-order valence-corrected chi connectivity index (χ0v) is 14.5. The van der Waals surface area contributed by atoms with Gasteiger partial charge in [-0.05, 0) is 6.92 Å². The summed E-state index contributed by atoms with van der Waals surface area (Å²) in [6.07, 6.45) is 0.220. The summed E-state index contributed by atoms with van der Waals surface area (Å²) in [5, 5.41) is 4.08. The van der Waals surface area contributed by atoms with Crippen molar-refractivity contribution < 1.29 is 17.9 Å². The number of halogens is 3. The predicted molar refractivity (Wildman–Crippen MR) is 90.6 cm³/mol. The smallest absolute Gasteiger partial charge is 0.433 e. The predicted octanol–water partition coefficient (Wildman–Crippen LogP) is 2.89. The number of alkyl halides is 3. The van der Waals surface area contributed by atoms with Crippen molar-refractivity contribution in [3.8, 4) is 5.88 Å². The summed E-state index contributed by atoms with van der Waals surface area (Å²) >= 11 is 0. The number of aromatic nitrogens is 5. The molecule has 1 fully saturated rings. The normalized spacial score (nSPS) is 16.1. The first-order valence-corrected chi connectivity index (χ1v) is 8.53. The molecule has 0 spiro atoms. The molecule has 0 saturated carbocycles. The zero-order chi connectivity index (χ0) is 19.0. The molecule has 0 N–H and O–H groups in total. The third-order valence-electron chi connectivity index (χ3n) is 4.40. The van der Waals surface area contributed by atoms with Gasteiger partial charge in [0, 0.05) is 50.3 Å². The van der Waals surface area contributed by atoms with Gasteiger partial charge < -0.3 is 9.64 Å². The van der Waals surface area contributed by atoms with Gasteiger partial charge in [0.2, 0.25) is 5.88 Å². The van der Waals surface area contributed by atoms with Crippen LogP contribution in [-0.2, 0) is 6.18 Å². The van der Waals surface area contributed by atoms with Crippen molar-refractivity contribution in [2.45, 2.75) is 32.0 Å². The molecule has 27 heavy (non-hydrogen) atoms. The van der Waals surface area contributed by atoms with E-state index in [4.69, 9.17) is 4.74 Å². The van der Waals surface area contributed by atoms with E-state index in [0.717, 1.165) is 6.07 Å². The van der Waals surface area contributed by atoms with Crippen LogP contribution in [0.3, 0.4) is 0 Å². The molecule has 142 valence electrons. The zero-order valence-electron chi connectivity index (χ0n) is 14.5. The minimum atomic E-state index is -4.48. The molecule has 4 rings (SSSR count). The molecule has 7 nitrogen and oxygen atoms in total. The van der Waals surface area contributed by atoms with E-state index in [1.165, 1.54) is 6.92 Å². The molecule has 0 aliphatic carbocycles. The molecule has 0 amide bonds. The highest BCUT2D eigenvalue weighted by Gasteiger charge is 2.34. The molecule has 0 aromatic carbocycles. The van der Waals surface area contributed by atoms with Crippen LogP contribution in [0.25, 0.3) is 5.65 Å². The summed E-state index contributed by atoms with van der Waals surface area (Å²) < 4.78 is 46.5. The Balaban J connectivity index is 1.42. The van der Waals surface area contributed by atoms with E-state index in [0.29, 0.717) is 43.3 Å². The number of rotatable bonds is 3. The summed E-state index contributed by atoms with van der Waals surface area (Å²) in [6, 6.07) is 4.53. The molecule has 1 aliphatic rings. The average molecular weight is 378 g/mol.